The van der Waals surface area contributed by atoms with Crippen LogP contribution in [0.25, 0.3) is 0 Å². The lowest BCUT2D eigenvalue weighted by atomic mass is 9.82. The molecule has 1 saturated carbocycles. The van der Waals surface area contributed by atoms with E-state index in [1.165, 1.54) is 4.90 Å². The maximum Gasteiger partial charge on any atom is 0.262 e. The minimum absolute atomic E-state index is 0.149. The number of amides is 2. The highest BCUT2D eigenvalue weighted by atomic mass is 35.5. The van der Waals surface area contributed by atoms with Crippen LogP contribution < -0.4 is 11.1 Å². The normalized spacial score (nSPS) is 20.8. The van der Waals surface area contributed by atoms with Crippen LogP contribution in [-0.4, -0.2) is 28.7 Å². The molecule has 0 spiro atoms. The number of aliphatic imine (C=N–C) groups is 1. The molecule has 31 heavy (non-hydrogen) atoms. The third-order valence-electron chi connectivity index (χ3n) is 5.66. The van der Waals surface area contributed by atoms with Crippen molar-refractivity contribution in [3.63, 3.8) is 0 Å². The fourth-order valence-corrected chi connectivity index (χ4v) is 4.25. The largest absolute Gasteiger partial charge is 0.369 e. The van der Waals surface area contributed by atoms with Gasteiger partial charge < -0.3 is 11.1 Å². The van der Waals surface area contributed by atoms with Crippen molar-refractivity contribution < 1.29 is 9.59 Å². The van der Waals surface area contributed by atoms with Crippen LogP contribution in [0.3, 0.4) is 0 Å². The van der Waals surface area contributed by atoms with Gasteiger partial charge in [0.2, 0.25) is 0 Å². The molecule has 1 unspecified atom stereocenters. The Kier molecular flexibility index (Phi) is 5.75. The molecular formula is C24H27ClN4O2. The van der Waals surface area contributed by atoms with Crippen LogP contribution in [0.15, 0.2) is 53.5 Å². The van der Waals surface area contributed by atoms with E-state index in [1.807, 2.05) is 36.4 Å². The first-order valence-corrected chi connectivity index (χ1v) is 11.0. The maximum atomic E-state index is 13.6. The van der Waals surface area contributed by atoms with Gasteiger partial charge in [-0.2, -0.15) is 0 Å². The predicted octanol–water partition coefficient (Wildman–Crippen LogP) is 3.83. The number of guanidine groups is 1. The van der Waals surface area contributed by atoms with Crippen molar-refractivity contribution in [2.24, 2.45) is 16.6 Å². The summed E-state index contributed by atoms with van der Waals surface area (Å²) in [5.41, 5.74) is 7.24. The van der Waals surface area contributed by atoms with E-state index in [0.717, 1.165) is 24.0 Å². The monoisotopic (exact) mass is 438 g/mol. The molecule has 2 aliphatic rings. The number of halogens is 1. The summed E-state index contributed by atoms with van der Waals surface area (Å²) in [5.74, 6) is 0.0911. The van der Waals surface area contributed by atoms with Gasteiger partial charge in [-0.15, -0.1) is 0 Å². The molecule has 1 fully saturated rings. The number of carbonyl (C=O) groups excluding carboxylic acids is 2. The van der Waals surface area contributed by atoms with E-state index < -0.39 is 5.54 Å². The molecule has 0 aromatic heterocycles. The molecule has 4 rings (SSSR count). The van der Waals surface area contributed by atoms with E-state index in [-0.39, 0.29) is 36.3 Å². The molecule has 162 valence electrons. The van der Waals surface area contributed by atoms with Crippen molar-refractivity contribution in [3.8, 4) is 0 Å². The number of hydrogen-bond acceptors (Lipinski definition) is 4. The van der Waals surface area contributed by atoms with Gasteiger partial charge in [0.25, 0.3) is 11.8 Å². The van der Waals surface area contributed by atoms with Gasteiger partial charge in [0.05, 0.1) is 17.1 Å². The third kappa shape index (κ3) is 4.30. The maximum absolute atomic E-state index is 13.6. The van der Waals surface area contributed by atoms with E-state index in [2.05, 4.69) is 24.2 Å². The second-order valence-electron chi connectivity index (χ2n) is 8.75. The highest BCUT2D eigenvalue weighted by Gasteiger charge is 2.49. The molecule has 1 atom stereocenters. The summed E-state index contributed by atoms with van der Waals surface area (Å²) in [7, 11) is 0. The molecule has 2 amide bonds. The van der Waals surface area contributed by atoms with Crippen molar-refractivity contribution in [1.82, 2.24) is 10.2 Å². The quantitative estimate of drug-likeness (QED) is 0.688. The first kappa shape index (κ1) is 21.4. The molecule has 6 nitrogen and oxygen atoms in total. The Balaban J connectivity index is 1.62. The fourth-order valence-electron chi connectivity index (χ4n) is 4.05. The van der Waals surface area contributed by atoms with Gasteiger partial charge in [-0.25, -0.2) is 4.99 Å². The SMILES string of the molecule is CC(C)CC1(c2ccccc2)N=C(N)N(Cc2ccc(Cl)c(C(=O)NC3CC3)c2)C1=O. The number of benzene rings is 2. The molecule has 2 aromatic carbocycles. The average Bonchev–Trinajstić information content (AvgIpc) is 3.52. The lowest BCUT2D eigenvalue weighted by Crippen LogP contribution is -2.43. The second kappa shape index (κ2) is 8.35. The number of nitrogens with one attached hydrogen (secondary N) is 1. The summed E-state index contributed by atoms with van der Waals surface area (Å²) in [6.07, 6.45) is 2.55. The molecule has 1 aliphatic carbocycles. The van der Waals surface area contributed by atoms with Crippen LogP contribution >= 0.6 is 11.6 Å². The van der Waals surface area contributed by atoms with Crippen LogP contribution in [0.4, 0.5) is 0 Å². The number of hydrogen-bond donors (Lipinski definition) is 2. The number of carbonyl (C=O) groups is 2. The van der Waals surface area contributed by atoms with E-state index in [4.69, 9.17) is 17.3 Å². The average molecular weight is 439 g/mol. The Labute approximate surface area is 187 Å². The van der Waals surface area contributed by atoms with E-state index in [1.54, 1.807) is 12.1 Å². The zero-order valence-electron chi connectivity index (χ0n) is 17.8. The first-order valence-electron chi connectivity index (χ1n) is 10.6. The van der Waals surface area contributed by atoms with Crippen LogP contribution in [0.2, 0.25) is 5.02 Å². The van der Waals surface area contributed by atoms with Crippen LogP contribution in [0.5, 0.6) is 0 Å². The molecule has 0 radical (unpaired) electrons. The number of nitrogens with zero attached hydrogens (tertiary/aromatic N) is 2. The highest BCUT2D eigenvalue weighted by Crippen LogP contribution is 2.39. The summed E-state index contributed by atoms with van der Waals surface area (Å²) in [6.45, 7) is 4.36. The molecule has 0 bridgehead atoms. The predicted molar refractivity (Wildman–Crippen MR) is 122 cm³/mol. The molecular weight excluding hydrogens is 412 g/mol. The van der Waals surface area contributed by atoms with Gasteiger partial charge >= 0.3 is 0 Å². The molecule has 2 aromatic rings. The van der Waals surface area contributed by atoms with Gasteiger partial charge in [0, 0.05) is 6.04 Å². The minimum atomic E-state index is -1.03. The Hall–Kier alpha value is -2.86. The smallest absolute Gasteiger partial charge is 0.262 e. The van der Waals surface area contributed by atoms with Crippen molar-refractivity contribution in [2.45, 2.75) is 51.2 Å². The van der Waals surface area contributed by atoms with E-state index in [9.17, 15) is 9.59 Å². The van der Waals surface area contributed by atoms with Gasteiger partial charge in [-0.3, -0.25) is 14.5 Å². The number of nitrogens with two attached hydrogens (primary N) is 1. The standard InChI is InChI=1S/C24H27ClN4O2/c1-15(2)13-24(17-6-4-3-5-7-17)22(31)29(23(26)28-24)14-16-8-11-20(25)19(12-16)21(30)27-18-9-10-18/h3-8,11-12,15,18H,9-10,13-14H2,1-2H3,(H2,26,28)(H,27,30). The summed E-state index contributed by atoms with van der Waals surface area (Å²) < 4.78 is 0. The Morgan fingerprint density at radius 3 is 2.61 bits per heavy atom. The van der Waals surface area contributed by atoms with Crippen molar-refractivity contribution in [3.05, 3.63) is 70.2 Å². The summed E-state index contributed by atoms with van der Waals surface area (Å²) >= 11 is 6.26. The number of rotatable bonds is 7. The van der Waals surface area contributed by atoms with Crippen molar-refractivity contribution >= 4 is 29.4 Å². The van der Waals surface area contributed by atoms with Gasteiger partial charge in [0.1, 0.15) is 0 Å². The van der Waals surface area contributed by atoms with Gasteiger partial charge in [0.15, 0.2) is 11.5 Å². The second-order valence-corrected chi connectivity index (χ2v) is 9.15. The summed E-state index contributed by atoms with van der Waals surface area (Å²) in [5, 5.41) is 3.34. The zero-order chi connectivity index (χ0) is 22.2. The molecule has 7 heteroatoms. The lowest BCUT2D eigenvalue weighted by molar-refractivity contribution is -0.132. The molecule has 1 heterocycles. The van der Waals surface area contributed by atoms with Crippen molar-refractivity contribution in [1.29, 1.82) is 0 Å². The lowest BCUT2D eigenvalue weighted by Gasteiger charge is -2.28. The van der Waals surface area contributed by atoms with Crippen LogP contribution in [0.1, 0.15) is 54.6 Å². The van der Waals surface area contributed by atoms with Crippen LogP contribution in [-0.2, 0) is 16.9 Å². The van der Waals surface area contributed by atoms with Crippen LogP contribution in [0, 0.1) is 5.92 Å². The van der Waals surface area contributed by atoms with Gasteiger partial charge in [-0.05, 0) is 48.4 Å². The summed E-state index contributed by atoms with van der Waals surface area (Å²) in [6, 6.07) is 15.0. The highest BCUT2D eigenvalue weighted by molar-refractivity contribution is 6.33. The Bertz CT molecular complexity index is 1030. The van der Waals surface area contributed by atoms with E-state index >= 15 is 0 Å². The Morgan fingerprint density at radius 2 is 1.97 bits per heavy atom. The first-order chi connectivity index (χ1) is 14.8. The molecule has 1 aliphatic heterocycles. The third-order valence-corrected chi connectivity index (χ3v) is 5.99. The summed E-state index contributed by atoms with van der Waals surface area (Å²) in [4.78, 5) is 32.3. The zero-order valence-corrected chi connectivity index (χ0v) is 18.5. The van der Waals surface area contributed by atoms with Gasteiger partial charge in [-0.1, -0.05) is 61.8 Å². The molecule has 3 N–H and O–H groups in total. The fraction of sp³-hybridized carbons (Fsp3) is 0.375. The topological polar surface area (TPSA) is 87.8 Å². The minimum Gasteiger partial charge on any atom is -0.369 e. The Morgan fingerprint density at radius 1 is 1.26 bits per heavy atom. The van der Waals surface area contributed by atoms with E-state index in [0.29, 0.717) is 17.0 Å². The van der Waals surface area contributed by atoms with Crippen molar-refractivity contribution in [2.75, 3.05) is 0 Å². The molecule has 0 saturated heterocycles.